The molecule has 19 heavy (non-hydrogen) atoms. The van der Waals surface area contributed by atoms with Crippen LogP contribution in [0.4, 0.5) is 14.5 Å². The van der Waals surface area contributed by atoms with Crippen LogP contribution in [0.5, 0.6) is 0 Å². The molecule has 0 radical (unpaired) electrons. The molecule has 0 fully saturated rings. The number of alkyl halides is 2. The van der Waals surface area contributed by atoms with Gasteiger partial charge >= 0.3 is 5.76 Å². The topological polar surface area (TPSA) is 55.4 Å². The summed E-state index contributed by atoms with van der Waals surface area (Å²) in [4.78, 5) is -0.394. The van der Waals surface area contributed by atoms with Crippen molar-refractivity contribution < 1.29 is 21.9 Å². The van der Waals surface area contributed by atoms with Crippen LogP contribution in [-0.2, 0) is 14.6 Å². The number of halogens is 2. The summed E-state index contributed by atoms with van der Waals surface area (Å²) in [7, 11) is -4.60. The highest BCUT2D eigenvalue weighted by atomic mass is 32.2. The molecule has 108 valence electrons. The number of sulfone groups is 1. The first-order valence-corrected chi connectivity index (χ1v) is 7.37. The minimum absolute atomic E-state index is 0.0573. The van der Waals surface area contributed by atoms with Crippen LogP contribution >= 0.6 is 0 Å². The molecule has 0 atom stereocenters. The molecule has 0 saturated heterocycles. The summed E-state index contributed by atoms with van der Waals surface area (Å²) in [5.74, 6) is -3.43. The standard InChI is InChI=1S/C12H17F2NO3S/c1-9(2)18-8-7-15-10-5-3-4-6-11(10)19(16,17)12(13)14/h3-6,9,12,15H,7-8H2,1-2H3. The van der Waals surface area contributed by atoms with E-state index in [1.54, 1.807) is 6.07 Å². The van der Waals surface area contributed by atoms with Gasteiger partial charge in [-0.05, 0) is 26.0 Å². The van der Waals surface area contributed by atoms with Gasteiger partial charge in [-0.3, -0.25) is 0 Å². The van der Waals surface area contributed by atoms with E-state index in [4.69, 9.17) is 4.74 Å². The molecule has 1 aromatic carbocycles. The van der Waals surface area contributed by atoms with Crippen molar-refractivity contribution in [1.29, 1.82) is 0 Å². The summed E-state index contributed by atoms with van der Waals surface area (Å²) in [6, 6.07) is 5.60. The Hall–Kier alpha value is -1.21. The number of nitrogens with one attached hydrogen (secondary N) is 1. The van der Waals surface area contributed by atoms with Gasteiger partial charge in [-0.2, -0.15) is 8.78 Å². The molecular formula is C12H17F2NO3S. The van der Waals surface area contributed by atoms with Crippen molar-refractivity contribution in [3.63, 3.8) is 0 Å². The number of hydrogen-bond acceptors (Lipinski definition) is 4. The molecule has 0 saturated carbocycles. The molecule has 1 rings (SSSR count). The molecule has 4 nitrogen and oxygen atoms in total. The summed E-state index contributed by atoms with van der Waals surface area (Å²) in [6.07, 6.45) is 0.0573. The first-order valence-electron chi connectivity index (χ1n) is 5.82. The zero-order valence-electron chi connectivity index (χ0n) is 10.8. The molecule has 1 aromatic rings. The minimum atomic E-state index is -4.60. The number of para-hydroxylation sites is 1. The Kier molecular flexibility index (Phi) is 5.68. The highest BCUT2D eigenvalue weighted by molar-refractivity contribution is 7.91. The van der Waals surface area contributed by atoms with Crippen molar-refractivity contribution in [3.8, 4) is 0 Å². The van der Waals surface area contributed by atoms with Gasteiger partial charge in [-0.25, -0.2) is 8.42 Å². The number of rotatable bonds is 7. The average Bonchev–Trinajstić information content (AvgIpc) is 2.34. The Morgan fingerprint density at radius 2 is 1.89 bits per heavy atom. The second kappa shape index (κ2) is 6.81. The lowest BCUT2D eigenvalue weighted by Gasteiger charge is -2.13. The zero-order chi connectivity index (χ0) is 14.5. The van der Waals surface area contributed by atoms with E-state index in [9.17, 15) is 17.2 Å². The van der Waals surface area contributed by atoms with Gasteiger partial charge in [0.15, 0.2) is 0 Å². The van der Waals surface area contributed by atoms with Gasteiger partial charge in [-0.1, -0.05) is 12.1 Å². The van der Waals surface area contributed by atoms with Crippen molar-refractivity contribution >= 4 is 15.5 Å². The highest BCUT2D eigenvalue weighted by Gasteiger charge is 2.28. The van der Waals surface area contributed by atoms with Crippen LogP contribution in [0.25, 0.3) is 0 Å². The number of ether oxygens (including phenoxy) is 1. The Morgan fingerprint density at radius 1 is 1.26 bits per heavy atom. The Bertz CT molecular complexity index is 503. The van der Waals surface area contributed by atoms with E-state index < -0.39 is 20.5 Å². The van der Waals surface area contributed by atoms with Gasteiger partial charge in [0.1, 0.15) is 0 Å². The molecular weight excluding hydrogens is 276 g/mol. The van der Waals surface area contributed by atoms with Gasteiger partial charge in [0.25, 0.3) is 0 Å². The first kappa shape index (κ1) is 15.8. The van der Waals surface area contributed by atoms with Crippen molar-refractivity contribution in [3.05, 3.63) is 24.3 Å². The van der Waals surface area contributed by atoms with E-state index in [2.05, 4.69) is 5.32 Å². The molecule has 1 N–H and O–H groups in total. The molecule has 7 heteroatoms. The Morgan fingerprint density at radius 3 is 2.47 bits per heavy atom. The molecule has 0 aliphatic carbocycles. The van der Waals surface area contributed by atoms with Crippen molar-refractivity contribution in [2.24, 2.45) is 0 Å². The zero-order valence-corrected chi connectivity index (χ0v) is 11.6. The van der Waals surface area contributed by atoms with Crippen LogP contribution in [0.3, 0.4) is 0 Å². The highest BCUT2D eigenvalue weighted by Crippen LogP contribution is 2.25. The molecule has 0 bridgehead atoms. The van der Waals surface area contributed by atoms with E-state index in [0.29, 0.717) is 13.2 Å². The third-order valence-electron chi connectivity index (χ3n) is 2.30. The Balaban J connectivity index is 2.80. The van der Waals surface area contributed by atoms with E-state index >= 15 is 0 Å². The molecule has 0 unspecified atom stereocenters. The molecule has 0 spiro atoms. The second-order valence-corrected chi connectivity index (χ2v) is 6.03. The lowest BCUT2D eigenvalue weighted by Crippen LogP contribution is -2.17. The smallest absolute Gasteiger partial charge is 0.341 e. The summed E-state index contributed by atoms with van der Waals surface area (Å²) < 4.78 is 53.3. The van der Waals surface area contributed by atoms with Crippen molar-refractivity contribution in [2.75, 3.05) is 18.5 Å². The van der Waals surface area contributed by atoms with Gasteiger partial charge in [0, 0.05) is 6.54 Å². The predicted octanol–water partition coefficient (Wildman–Crippen LogP) is 2.52. The van der Waals surface area contributed by atoms with Gasteiger partial charge in [0.05, 0.1) is 23.3 Å². The summed E-state index contributed by atoms with van der Waals surface area (Å²) in [5.41, 5.74) is 0.162. The Labute approximate surface area is 111 Å². The van der Waals surface area contributed by atoms with Gasteiger partial charge in [-0.15, -0.1) is 0 Å². The SMILES string of the molecule is CC(C)OCCNc1ccccc1S(=O)(=O)C(F)F. The summed E-state index contributed by atoms with van der Waals surface area (Å²) in [6.45, 7) is 4.44. The number of benzene rings is 1. The van der Waals surface area contributed by atoms with Crippen LogP contribution in [-0.4, -0.2) is 33.4 Å². The quantitative estimate of drug-likeness (QED) is 0.785. The maximum absolute atomic E-state index is 12.5. The minimum Gasteiger partial charge on any atom is -0.382 e. The average molecular weight is 293 g/mol. The molecule has 0 aliphatic heterocycles. The third-order valence-corrected chi connectivity index (χ3v) is 3.74. The predicted molar refractivity (Wildman–Crippen MR) is 69.2 cm³/mol. The molecule has 0 aliphatic rings. The van der Waals surface area contributed by atoms with Crippen LogP contribution in [0.1, 0.15) is 13.8 Å². The molecule has 0 amide bonds. The molecule has 0 aromatic heterocycles. The normalized spacial score (nSPS) is 12.1. The lowest BCUT2D eigenvalue weighted by molar-refractivity contribution is 0.0870. The van der Waals surface area contributed by atoms with Crippen LogP contribution in [0.2, 0.25) is 0 Å². The maximum atomic E-state index is 12.5. The van der Waals surface area contributed by atoms with E-state index in [1.165, 1.54) is 12.1 Å². The van der Waals surface area contributed by atoms with Crippen molar-refractivity contribution in [1.82, 2.24) is 0 Å². The third kappa shape index (κ3) is 4.43. The van der Waals surface area contributed by atoms with Crippen LogP contribution in [0, 0.1) is 0 Å². The monoisotopic (exact) mass is 293 g/mol. The molecule has 0 heterocycles. The number of hydrogen-bond donors (Lipinski definition) is 1. The maximum Gasteiger partial charge on any atom is 0.341 e. The van der Waals surface area contributed by atoms with E-state index in [1.807, 2.05) is 13.8 Å². The fraction of sp³-hybridized carbons (Fsp3) is 0.500. The summed E-state index contributed by atoms with van der Waals surface area (Å²) >= 11 is 0. The van der Waals surface area contributed by atoms with Crippen LogP contribution in [0.15, 0.2) is 29.2 Å². The van der Waals surface area contributed by atoms with Gasteiger partial charge in [0.2, 0.25) is 9.84 Å². The van der Waals surface area contributed by atoms with Gasteiger partial charge < -0.3 is 10.1 Å². The fourth-order valence-corrected chi connectivity index (χ4v) is 2.34. The lowest BCUT2D eigenvalue weighted by atomic mass is 10.3. The summed E-state index contributed by atoms with van der Waals surface area (Å²) in [5, 5.41) is 2.79. The number of anilines is 1. The first-order chi connectivity index (χ1) is 8.85. The van der Waals surface area contributed by atoms with Crippen LogP contribution < -0.4 is 5.32 Å². The largest absolute Gasteiger partial charge is 0.382 e. The fourth-order valence-electron chi connectivity index (χ4n) is 1.44. The second-order valence-electron chi connectivity index (χ2n) is 4.15. The van der Waals surface area contributed by atoms with E-state index in [0.717, 1.165) is 6.07 Å². The van der Waals surface area contributed by atoms with Crippen molar-refractivity contribution in [2.45, 2.75) is 30.6 Å². The van der Waals surface area contributed by atoms with E-state index in [-0.39, 0.29) is 11.8 Å².